The molecule has 0 saturated carbocycles. The van der Waals surface area contributed by atoms with Crippen molar-refractivity contribution in [2.45, 2.75) is 19.9 Å². The number of nitrogens with one attached hydrogen (secondary N) is 1. The van der Waals surface area contributed by atoms with Gasteiger partial charge in [0.05, 0.1) is 6.04 Å². The third-order valence-corrected chi connectivity index (χ3v) is 1.31. The van der Waals surface area contributed by atoms with Gasteiger partial charge in [-0.1, -0.05) is 11.5 Å². The molecule has 2 N–H and O–H groups in total. The summed E-state index contributed by atoms with van der Waals surface area (Å²) in [4.78, 5) is 10.2. The Bertz CT molecular complexity index is 225. The molecule has 0 aliphatic carbocycles. The summed E-state index contributed by atoms with van der Waals surface area (Å²) in [7, 11) is 0. The van der Waals surface area contributed by atoms with Crippen LogP contribution in [0.1, 0.15) is 13.8 Å². The summed E-state index contributed by atoms with van der Waals surface area (Å²) in [5.74, 6) is 1.56. The van der Waals surface area contributed by atoms with Gasteiger partial charge in [0.15, 0.2) is 0 Å². The Hall–Kier alpha value is -1.27. The lowest BCUT2D eigenvalue weighted by atomic mass is 10.2. The number of aliphatic carboxylic acids is 1. The summed E-state index contributed by atoms with van der Waals surface area (Å²) in [5, 5.41) is 11.3. The van der Waals surface area contributed by atoms with Crippen molar-refractivity contribution in [2.75, 3.05) is 6.54 Å². The van der Waals surface area contributed by atoms with Crippen molar-refractivity contribution in [3.63, 3.8) is 0 Å². The summed E-state index contributed by atoms with van der Waals surface area (Å²) >= 11 is 0. The minimum absolute atomic E-state index is 0.0258. The van der Waals surface area contributed by atoms with E-state index in [0.29, 0.717) is 6.54 Å². The molecule has 0 amide bonds. The van der Waals surface area contributed by atoms with E-state index in [-0.39, 0.29) is 6.04 Å². The van der Waals surface area contributed by atoms with Crippen LogP contribution in [0.3, 0.4) is 0 Å². The minimum Gasteiger partial charge on any atom is -0.478 e. The molecule has 0 aliphatic rings. The Morgan fingerprint density at radius 2 is 2.42 bits per heavy atom. The van der Waals surface area contributed by atoms with Crippen molar-refractivity contribution in [3.05, 3.63) is 11.6 Å². The number of terminal acetylenes is 1. The van der Waals surface area contributed by atoms with Crippen molar-refractivity contribution >= 4 is 5.97 Å². The van der Waals surface area contributed by atoms with Crippen LogP contribution in [0.25, 0.3) is 0 Å². The van der Waals surface area contributed by atoms with Crippen LogP contribution in [0.4, 0.5) is 0 Å². The van der Waals surface area contributed by atoms with Gasteiger partial charge in [0.2, 0.25) is 0 Å². The molecule has 1 unspecified atom stereocenters. The third-order valence-electron chi connectivity index (χ3n) is 1.31. The molecular weight excluding hydrogens is 154 g/mol. The molecule has 3 nitrogen and oxygen atoms in total. The zero-order valence-electron chi connectivity index (χ0n) is 7.29. The van der Waals surface area contributed by atoms with Crippen LogP contribution in [0.2, 0.25) is 0 Å². The minimum atomic E-state index is -0.928. The highest BCUT2D eigenvalue weighted by Crippen LogP contribution is 1.90. The predicted molar refractivity (Wildman–Crippen MR) is 47.7 cm³/mol. The number of carboxylic acid groups (broad SMARTS) is 1. The van der Waals surface area contributed by atoms with E-state index in [1.165, 1.54) is 0 Å². The first-order valence-electron chi connectivity index (χ1n) is 3.66. The first-order chi connectivity index (χ1) is 5.56. The van der Waals surface area contributed by atoms with Crippen molar-refractivity contribution in [1.29, 1.82) is 0 Å². The molecule has 0 aromatic carbocycles. The lowest BCUT2D eigenvalue weighted by molar-refractivity contribution is -0.131. The SMILES string of the molecule is C#CC(C)NCC(C)=CC(=O)O. The number of carboxylic acids is 1. The van der Waals surface area contributed by atoms with Crippen LogP contribution in [0.15, 0.2) is 11.6 Å². The van der Waals surface area contributed by atoms with Crippen LogP contribution in [-0.4, -0.2) is 23.7 Å². The molecule has 12 heavy (non-hydrogen) atoms. The van der Waals surface area contributed by atoms with Gasteiger partial charge >= 0.3 is 5.97 Å². The van der Waals surface area contributed by atoms with E-state index in [0.717, 1.165) is 11.6 Å². The standard InChI is InChI=1S/C9H13NO2/c1-4-8(3)10-6-7(2)5-9(11)12/h1,5,8,10H,6H2,2-3H3,(H,11,12). The van der Waals surface area contributed by atoms with E-state index in [1.807, 2.05) is 6.92 Å². The molecule has 0 bridgehead atoms. The van der Waals surface area contributed by atoms with Gasteiger partial charge in [-0.05, 0) is 13.8 Å². The van der Waals surface area contributed by atoms with E-state index in [1.54, 1.807) is 6.92 Å². The molecule has 0 aliphatic heterocycles. The van der Waals surface area contributed by atoms with Crippen LogP contribution in [0, 0.1) is 12.3 Å². The molecule has 0 aromatic rings. The molecule has 0 fully saturated rings. The second kappa shape index (κ2) is 5.39. The summed E-state index contributed by atoms with van der Waals surface area (Å²) in [5.41, 5.74) is 0.754. The van der Waals surface area contributed by atoms with Gasteiger partial charge in [0.1, 0.15) is 0 Å². The molecule has 0 aromatic heterocycles. The Morgan fingerprint density at radius 3 is 2.83 bits per heavy atom. The summed E-state index contributed by atoms with van der Waals surface area (Å²) in [6, 6.07) is -0.0258. The van der Waals surface area contributed by atoms with Gasteiger partial charge in [-0.15, -0.1) is 6.42 Å². The smallest absolute Gasteiger partial charge is 0.328 e. The molecule has 0 heterocycles. The molecule has 0 rings (SSSR count). The van der Waals surface area contributed by atoms with Gasteiger partial charge in [-0.25, -0.2) is 4.79 Å². The highest BCUT2D eigenvalue weighted by molar-refractivity contribution is 5.80. The normalized spacial score (nSPS) is 13.6. The maximum atomic E-state index is 10.2. The third kappa shape index (κ3) is 5.51. The van der Waals surface area contributed by atoms with Crippen molar-refractivity contribution < 1.29 is 9.90 Å². The largest absolute Gasteiger partial charge is 0.478 e. The molecule has 0 radical (unpaired) electrons. The van der Waals surface area contributed by atoms with Crippen LogP contribution >= 0.6 is 0 Å². The highest BCUT2D eigenvalue weighted by atomic mass is 16.4. The molecule has 66 valence electrons. The maximum absolute atomic E-state index is 10.2. The first-order valence-corrected chi connectivity index (χ1v) is 3.66. The van der Waals surface area contributed by atoms with E-state index in [2.05, 4.69) is 11.2 Å². The average molecular weight is 167 g/mol. The molecule has 0 spiro atoms. The van der Waals surface area contributed by atoms with E-state index >= 15 is 0 Å². The number of hydrogen-bond donors (Lipinski definition) is 2. The van der Waals surface area contributed by atoms with Gasteiger partial charge in [0.25, 0.3) is 0 Å². The van der Waals surface area contributed by atoms with E-state index < -0.39 is 5.97 Å². The van der Waals surface area contributed by atoms with Crippen LogP contribution in [0.5, 0.6) is 0 Å². The van der Waals surface area contributed by atoms with Gasteiger partial charge in [-0.3, -0.25) is 0 Å². The van der Waals surface area contributed by atoms with Crippen LogP contribution < -0.4 is 5.32 Å². The van der Waals surface area contributed by atoms with E-state index in [9.17, 15) is 4.79 Å². The summed E-state index contributed by atoms with van der Waals surface area (Å²) < 4.78 is 0. The second-order valence-corrected chi connectivity index (χ2v) is 2.60. The lowest BCUT2D eigenvalue weighted by Crippen LogP contribution is -2.26. The Morgan fingerprint density at radius 1 is 1.83 bits per heavy atom. The topological polar surface area (TPSA) is 49.3 Å². The van der Waals surface area contributed by atoms with Gasteiger partial charge in [0, 0.05) is 12.6 Å². The van der Waals surface area contributed by atoms with Gasteiger partial charge in [-0.2, -0.15) is 0 Å². The molecule has 3 heteroatoms. The molecule has 1 atom stereocenters. The zero-order chi connectivity index (χ0) is 9.56. The molecule has 0 saturated heterocycles. The van der Waals surface area contributed by atoms with E-state index in [4.69, 9.17) is 11.5 Å². The fourth-order valence-corrected chi connectivity index (χ4v) is 0.635. The monoisotopic (exact) mass is 167 g/mol. The number of hydrogen-bond acceptors (Lipinski definition) is 2. The average Bonchev–Trinajstić information content (AvgIpc) is 1.99. The lowest BCUT2D eigenvalue weighted by Gasteiger charge is -2.06. The van der Waals surface area contributed by atoms with Crippen molar-refractivity contribution in [1.82, 2.24) is 5.32 Å². The Balaban J connectivity index is 3.80. The number of rotatable bonds is 4. The van der Waals surface area contributed by atoms with Crippen molar-refractivity contribution in [3.8, 4) is 12.3 Å². The molecular formula is C9H13NO2. The second-order valence-electron chi connectivity index (χ2n) is 2.60. The maximum Gasteiger partial charge on any atom is 0.328 e. The zero-order valence-corrected chi connectivity index (χ0v) is 7.29. The van der Waals surface area contributed by atoms with Gasteiger partial charge < -0.3 is 10.4 Å². The quantitative estimate of drug-likeness (QED) is 0.477. The summed E-state index contributed by atoms with van der Waals surface area (Å²) in [6.45, 7) is 4.09. The Labute approximate surface area is 72.5 Å². The van der Waals surface area contributed by atoms with Crippen molar-refractivity contribution in [2.24, 2.45) is 0 Å². The summed E-state index contributed by atoms with van der Waals surface area (Å²) in [6.07, 6.45) is 6.27. The van der Waals surface area contributed by atoms with Crippen LogP contribution in [-0.2, 0) is 4.79 Å². The fourth-order valence-electron chi connectivity index (χ4n) is 0.635. The first kappa shape index (κ1) is 10.7. The fraction of sp³-hybridized carbons (Fsp3) is 0.444. The highest BCUT2D eigenvalue weighted by Gasteiger charge is 1.97. The predicted octanol–water partition coefficient (Wildman–Crippen LogP) is 0.629. The number of carbonyl (C=O) groups is 1. The Kier molecular flexibility index (Phi) is 4.82.